The highest BCUT2D eigenvalue weighted by Gasteiger charge is 2.28. The zero-order valence-electron chi connectivity index (χ0n) is 12.2. The molecule has 1 aliphatic carbocycles. The largest absolute Gasteiger partial charge is 0.352 e. The topological polar surface area (TPSA) is 64.7 Å². The Morgan fingerprint density at radius 1 is 1.35 bits per heavy atom. The fourth-order valence-electron chi connectivity index (χ4n) is 2.11. The van der Waals surface area contributed by atoms with Crippen molar-refractivity contribution >= 4 is 24.2 Å². The average molecular weight is 305 g/mol. The van der Waals surface area contributed by atoms with Gasteiger partial charge in [0.05, 0.1) is 12.6 Å². The normalized spacial score (nSPS) is 20.2. The van der Waals surface area contributed by atoms with E-state index < -0.39 is 0 Å². The molecule has 20 heavy (non-hydrogen) atoms. The summed E-state index contributed by atoms with van der Waals surface area (Å²) < 4.78 is 0. The summed E-state index contributed by atoms with van der Waals surface area (Å²) in [6.07, 6.45) is 2.17. The summed E-state index contributed by atoms with van der Waals surface area (Å²) in [5.74, 6) is 0.133. The number of piperazine rings is 1. The predicted octanol–water partition coefficient (Wildman–Crippen LogP) is -0.561. The third-order valence-corrected chi connectivity index (χ3v) is 3.82. The first-order chi connectivity index (χ1) is 9.08. The van der Waals surface area contributed by atoms with E-state index in [1.807, 2.05) is 23.8 Å². The molecule has 2 rings (SSSR count). The number of carbonyl (C=O) groups excluding carboxylic acids is 2. The van der Waals surface area contributed by atoms with Gasteiger partial charge in [0.2, 0.25) is 11.8 Å². The molecule has 0 spiro atoms. The van der Waals surface area contributed by atoms with Gasteiger partial charge in [-0.05, 0) is 26.8 Å². The molecule has 2 fully saturated rings. The van der Waals surface area contributed by atoms with Crippen LogP contribution in [0.25, 0.3) is 0 Å². The van der Waals surface area contributed by atoms with Crippen molar-refractivity contribution < 1.29 is 9.59 Å². The highest BCUT2D eigenvalue weighted by molar-refractivity contribution is 5.85. The molecule has 0 aromatic carbocycles. The molecule has 0 radical (unpaired) electrons. The van der Waals surface area contributed by atoms with E-state index in [1.54, 1.807) is 0 Å². The van der Waals surface area contributed by atoms with E-state index >= 15 is 0 Å². The van der Waals surface area contributed by atoms with Crippen LogP contribution < -0.4 is 10.6 Å². The van der Waals surface area contributed by atoms with Crippen LogP contribution in [0.2, 0.25) is 0 Å². The highest BCUT2D eigenvalue weighted by Crippen LogP contribution is 2.18. The number of hydrogen-bond acceptors (Lipinski definition) is 4. The Kier molecular flexibility index (Phi) is 6.71. The lowest BCUT2D eigenvalue weighted by atomic mass is 10.2. The van der Waals surface area contributed by atoms with Gasteiger partial charge in [0.1, 0.15) is 0 Å². The lowest BCUT2D eigenvalue weighted by molar-refractivity contribution is -0.134. The molecule has 2 N–H and O–H groups in total. The number of rotatable bonds is 5. The molecular formula is C13H25ClN4O2. The number of amides is 2. The summed E-state index contributed by atoms with van der Waals surface area (Å²) in [5, 5.41) is 6.19. The first kappa shape index (κ1) is 17.2. The maximum absolute atomic E-state index is 12.1. The molecule has 1 heterocycles. The Labute approximate surface area is 126 Å². The molecule has 1 aliphatic heterocycles. The number of hydrogen-bond donors (Lipinski definition) is 2. The van der Waals surface area contributed by atoms with Crippen molar-refractivity contribution in [1.29, 1.82) is 0 Å². The van der Waals surface area contributed by atoms with Crippen molar-refractivity contribution in [3.8, 4) is 0 Å². The van der Waals surface area contributed by atoms with Crippen LogP contribution >= 0.6 is 12.4 Å². The summed E-state index contributed by atoms with van der Waals surface area (Å²) >= 11 is 0. The molecule has 2 aliphatic rings. The molecule has 116 valence electrons. The third-order valence-electron chi connectivity index (χ3n) is 3.82. The molecule has 1 unspecified atom stereocenters. The molecule has 0 aromatic rings. The standard InChI is InChI=1S/C13H24N4O2.ClH/c1-10(13(19)15-11-3-4-11)16(2)9-12(18)17-7-5-14-6-8-17;/h10-11,14H,3-9H2,1-2H3,(H,15,19);1H. The van der Waals surface area contributed by atoms with Gasteiger partial charge in [-0.15, -0.1) is 12.4 Å². The summed E-state index contributed by atoms with van der Waals surface area (Å²) in [6.45, 7) is 5.38. The van der Waals surface area contributed by atoms with E-state index in [0.29, 0.717) is 12.6 Å². The summed E-state index contributed by atoms with van der Waals surface area (Å²) in [6, 6.07) is 0.111. The zero-order valence-corrected chi connectivity index (χ0v) is 13.0. The number of halogens is 1. The molecule has 1 saturated heterocycles. The molecule has 2 amide bonds. The van der Waals surface area contributed by atoms with Crippen LogP contribution in [-0.4, -0.2) is 73.5 Å². The minimum absolute atomic E-state index is 0. The van der Waals surface area contributed by atoms with E-state index in [2.05, 4.69) is 10.6 Å². The van der Waals surface area contributed by atoms with Crippen molar-refractivity contribution in [3.05, 3.63) is 0 Å². The van der Waals surface area contributed by atoms with E-state index in [4.69, 9.17) is 0 Å². The SMILES string of the molecule is CC(C(=O)NC1CC1)N(C)CC(=O)N1CCNCC1.Cl. The smallest absolute Gasteiger partial charge is 0.237 e. The van der Waals surface area contributed by atoms with Gasteiger partial charge >= 0.3 is 0 Å². The molecule has 0 bridgehead atoms. The van der Waals surface area contributed by atoms with Gasteiger partial charge in [0, 0.05) is 32.2 Å². The Bertz CT molecular complexity index is 343. The second kappa shape index (κ2) is 7.81. The summed E-state index contributed by atoms with van der Waals surface area (Å²) in [7, 11) is 1.83. The number of likely N-dealkylation sites (N-methyl/N-ethyl adjacent to an activating group) is 1. The van der Waals surface area contributed by atoms with Crippen molar-refractivity contribution in [2.24, 2.45) is 0 Å². The molecule has 1 saturated carbocycles. The second-order valence-corrected chi connectivity index (χ2v) is 5.50. The van der Waals surface area contributed by atoms with Gasteiger partial charge in [-0.2, -0.15) is 0 Å². The van der Waals surface area contributed by atoms with E-state index in [-0.39, 0.29) is 30.3 Å². The highest BCUT2D eigenvalue weighted by atomic mass is 35.5. The lowest BCUT2D eigenvalue weighted by Crippen LogP contribution is -2.52. The van der Waals surface area contributed by atoms with Gasteiger partial charge < -0.3 is 15.5 Å². The van der Waals surface area contributed by atoms with Crippen LogP contribution in [0.3, 0.4) is 0 Å². The van der Waals surface area contributed by atoms with Crippen LogP contribution in [-0.2, 0) is 9.59 Å². The van der Waals surface area contributed by atoms with Crippen LogP contribution in [0.15, 0.2) is 0 Å². The molecule has 1 atom stereocenters. The number of nitrogens with zero attached hydrogens (tertiary/aromatic N) is 2. The molecule has 0 aromatic heterocycles. The fraction of sp³-hybridized carbons (Fsp3) is 0.846. The van der Waals surface area contributed by atoms with E-state index in [1.165, 1.54) is 0 Å². The van der Waals surface area contributed by atoms with Crippen LogP contribution in [0, 0.1) is 0 Å². The van der Waals surface area contributed by atoms with Crippen molar-refractivity contribution in [2.45, 2.75) is 31.8 Å². The second-order valence-electron chi connectivity index (χ2n) is 5.50. The van der Waals surface area contributed by atoms with Gasteiger partial charge in [0.15, 0.2) is 0 Å². The van der Waals surface area contributed by atoms with Gasteiger partial charge in [-0.25, -0.2) is 0 Å². The Balaban J connectivity index is 0.00000200. The van der Waals surface area contributed by atoms with Gasteiger partial charge in [-0.3, -0.25) is 14.5 Å². The number of carbonyl (C=O) groups is 2. The quantitative estimate of drug-likeness (QED) is 0.715. The van der Waals surface area contributed by atoms with Crippen molar-refractivity contribution in [3.63, 3.8) is 0 Å². The Hall–Kier alpha value is -0.850. The number of nitrogens with one attached hydrogen (secondary N) is 2. The fourth-order valence-corrected chi connectivity index (χ4v) is 2.11. The van der Waals surface area contributed by atoms with Gasteiger partial charge in [0.25, 0.3) is 0 Å². The Morgan fingerprint density at radius 2 is 1.95 bits per heavy atom. The minimum Gasteiger partial charge on any atom is -0.352 e. The average Bonchev–Trinajstić information content (AvgIpc) is 3.22. The maximum Gasteiger partial charge on any atom is 0.237 e. The first-order valence-electron chi connectivity index (χ1n) is 7.07. The van der Waals surface area contributed by atoms with Crippen LogP contribution in [0.4, 0.5) is 0 Å². The monoisotopic (exact) mass is 304 g/mol. The Morgan fingerprint density at radius 3 is 2.50 bits per heavy atom. The molecular weight excluding hydrogens is 280 g/mol. The first-order valence-corrected chi connectivity index (χ1v) is 7.07. The zero-order chi connectivity index (χ0) is 13.8. The lowest BCUT2D eigenvalue weighted by Gasteiger charge is -2.30. The molecule has 6 nitrogen and oxygen atoms in total. The van der Waals surface area contributed by atoms with Crippen LogP contribution in [0.5, 0.6) is 0 Å². The van der Waals surface area contributed by atoms with E-state index in [0.717, 1.165) is 39.0 Å². The summed E-state index contributed by atoms with van der Waals surface area (Å²) in [5.41, 5.74) is 0. The van der Waals surface area contributed by atoms with Crippen molar-refractivity contribution in [1.82, 2.24) is 20.4 Å². The summed E-state index contributed by atoms with van der Waals surface area (Å²) in [4.78, 5) is 27.7. The third kappa shape index (κ3) is 4.92. The molecule has 7 heteroatoms. The van der Waals surface area contributed by atoms with Gasteiger partial charge in [-0.1, -0.05) is 0 Å². The van der Waals surface area contributed by atoms with Crippen LogP contribution in [0.1, 0.15) is 19.8 Å². The van der Waals surface area contributed by atoms with E-state index in [9.17, 15) is 9.59 Å². The minimum atomic E-state index is -0.257. The maximum atomic E-state index is 12.1. The predicted molar refractivity (Wildman–Crippen MR) is 80.0 cm³/mol. The van der Waals surface area contributed by atoms with Crippen molar-refractivity contribution in [2.75, 3.05) is 39.8 Å².